The smallest absolute Gasteiger partial charge is 0.158 e. The number of sulfone groups is 1. The van der Waals surface area contributed by atoms with Gasteiger partial charge < -0.3 is 4.74 Å². The molecule has 1 aromatic heterocycles. The van der Waals surface area contributed by atoms with E-state index in [0.717, 1.165) is 18.4 Å². The molecule has 0 radical (unpaired) electrons. The van der Waals surface area contributed by atoms with Gasteiger partial charge in [0.1, 0.15) is 10.8 Å². The van der Waals surface area contributed by atoms with Crippen LogP contribution in [0.4, 0.5) is 4.39 Å². The molecular formula is C15H16FNO3S2. The molecule has 1 aliphatic rings. The third kappa shape index (κ3) is 3.91. The monoisotopic (exact) mass is 341 g/mol. The Bertz CT molecular complexity index is 734. The fourth-order valence-electron chi connectivity index (χ4n) is 2.44. The molecule has 3 rings (SSSR count). The highest BCUT2D eigenvalue weighted by Gasteiger charge is 2.24. The molecule has 2 heterocycles. The molecule has 0 N–H and O–H groups in total. The quantitative estimate of drug-likeness (QED) is 0.839. The topological polar surface area (TPSA) is 56.3 Å². The van der Waals surface area contributed by atoms with E-state index >= 15 is 0 Å². The lowest BCUT2D eigenvalue weighted by atomic mass is 10.2. The maximum absolute atomic E-state index is 12.9. The number of benzene rings is 1. The third-order valence-corrected chi connectivity index (χ3v) is 6.03. The zero-order chi connectivity index (χ0) is 15.6. The Balaban J connectivity index is 1.69. The average Bonchev–Trinajstić information content (AvgIpc) is 3.10. The molecule has 0 amide bonds. The number of thiazole rings is 1. The summed E-state index contributed by atoms with van der Waals surface area (Å²) in [5, 5.41) is 2.44. The number of ether oxygens (including phenoxy) is 1. The van der Waals surface area contributed by atoms with Gasteiger partial charge in [0.2, 0.25) is 0 Å². The van der Waals surface area contributed by atoms with Gasteiger partial charge >= 0.3 is 0 Å². The number of nitrogens with zero attached hydrogens (tertiary/aromatic N) is 1. The highest BCUT2D eigenvalue weighted by molar-refractivity contribution is 7.90. The fourth-order valence-corrected chi connectivity index (χ4v) is 4.92. The van der Waals surface area contributed by atoms with E-state index in [4.69, 9.17) is 4.74 Å². The van der Waals surface area contributed by atoms with Crippen molar-refractivity contribution in [3.63, 3.8) is 0 Å². The van der Waals surface area contributed by atoms with Crippen molar-refractivity contribution < 1.29 is 17.5 Å². The largest absolute Gasteiger partial charge is 0.377 e. The molecule has 0 spiro atoms. The molecule has 0 unspecified atom stereocenters. The average molecular weight is 341 g/mol. The van der Waals surface area contributed by atoms with Crippen LogP contribution in [0.15, 0.2) is 29.6 Å². The highest BCUT2D eigenvalue weighted by Crippen LogP contribution is 2.25. The molecule has 0 aliphatic carbocycles. The second-order valence-corrected chi connectivity index (χ2v) is 8.31. The van der Waals surface area contributed by atoms with E-state index in [1.165, 1.54) is 23.5 Å². The van der Waals surface area contributed by atoms with Gasteiger partial charge in [-0.1, -0.05) is 0 Å². The summed E-state index contributed by atoms with van der Waals surface area (Å²) in [7, 11) is -3.23. The Morgan fingerprint density at radius 2 is 2.09 bits per heavy atom. The SMILES string of the molecule is O=S(=O)(Cc1csc(-c2ccc(F)cc2)n1)C[C@H]1CCCO1. The molecule has 0 saturated carbocycles. The molecule has 1 fully saturated rings. The highest BCUT2D eigenvalue weighted by atomic mass is 32.2. The fraction of sp³-hybridized carbons (Fsp3) is 0.400. The Morgan fingerprint density at radius 1 is 1.32 bits per heavy atom. The van der Waals surface area contributed by atoms with E-state index in [1.54, 1.807) is 17.5 Å². The summed E-state index contributed by atoms with van der Waals surface area (Å²) in [6.45, 7) is 0.644. The van der Waals surface area contributed by atoms with E-state index in [1.807, 2.05) is 0 Å². The normalized spacial score (nSPS) is 18.7. The van der Waals surface area contributed by atoms with Gasteiger partial charge in [0.05, 0.1) is 23.3 Å². The lowest BCUT2D eigenvalue weighted by Crippen LogP contribution is -2.21. The molecule has 22 heavy (non-hydrogen) atoms. The van der Waals surface area contributed by atoms with Gasteiger partial charge in [-0.15, -0.1) is 11.3 Å². The van der Waals surface area contributed by atoms with Crippen molar-refractivity contribution in [3.05, 3.63) is 41.2 Å². The predicted octanol–water partition coefficient (Wildman–Crippen LogP) is 3.04. The summed E-state index contributed by atoms with van der Waals surface area (Å²) in [5.74, 6) is -0.333. The number of aromatic nitrogens is 1. The van der Waals surface area contributed by atoms with Crippen molar-refractivity contribution in [2.75, 3.05) is 12.4 Å². The predicted molar refractivity (Wildman–Crippen MR) is 84.0 cm³/mol. The van der Waals surface area contributed by atoms with Gasteiger partial charge in [0, 0.05) is 17.6 Å². The molecule has 0 bridgehead atoms. The van der Waals surface area contributed by atoms with E-state index < -0.39 is 9.84 Å². The van der Waals surface area contributed by atoms with E-state index in [0.29, 0.717) is 17.3 Å². The summed E-state index contributed by atoms with van der Waals surface area (Å²) in [6.07, 6.45) is 1.54. The van der Waals surface area contributed by atoms with Gasteiger partial charge in [-0.3, -0.25) is 0 Å². The van der Waals surface area contributed by atoms with Crippen LogP contribution in [0.25, 0.3) is 10.6 Å². The first-order valence-electron chi connectivity index (χ1n) is 7.04. The van der Waals surface area contributed by atoms with Crippen LogP contribution in [-0.2, 0) is 20.3 Å². The second kappa shape index (κ2) is 6.44. The van der Waals surface area contributed by atoms with Gasteiger partial charge in [0.15, 0.2) is 9.84 Å². The molecule has 7 heteroatoms. The summed E-state index contributed by atoms with van der Waals surface area (Å²) in [5.41, 5.74) is 1.32. The number of halogens is 1. The lowest BCUT2D eigenvalue weighted by Gasteiger charge is -2.08. The van der Waals surface area contributed by atoms with Crippen LogP contribution in [0.5, 0.6) is 0 Å². The van der Waals surface area contributed by atoms with Crippen LogP contribution in [-0.4, -0.2) is 31.9 Å². The van der Waals surface area contributed by atoms with E-state index in [2.05, 4.69) is 4.98 Å². The van der Waals surface area contributed by atoms with Gasteiger partial charge in [-0.2, -0.15) is 0 Å². The summed E-state index contributed by atoms with van der Waals surface area (Å²) in [4.78, 5) is 4.35. The van der Waals surface area contributed by atoms with Crippen LogP contribution < -0.4 is 0 Å². The Kier molecular flexibility index (Phi) is 4.56. The third-order valence-electron chi connectivity index (χ3n) is 3.47. The van der Waals surface area contributed by atoms with E-state index in [-0.39, 0.29) is 23.4 Å². The lowest BCUT2D eigenvalue weighted by molar-refractivity contribution is 0.127. The van der Waals surface area contributed by atoms with Crippen LogP contribution >= 0.6 is 11.3 Å². The van der Waals surface area contributed by atoms with Crippen molar-refractivity contribution in [1.82, 2.24) is 4.98 Å². The van der Waals surface area contributed by atoms with Crippen molar-refractivity contribution in [3.8, 4) is 10.6 Å². The second-order valence-electron chi connectivity index (χ2n) is 5.34. The Labute approximate surface area is 132 Å². The maximum atomic E-state index is 12.9. The minimum Gasteiger partial charge on any atom is -0.377 e. The summed E-state index contributed by atoms with van der Waals surface area (Å²) in [6, 6.07) is 6.01. The molecular weight excluding hydrogens is 325 g/mol. The minimum atomic E-state index is -3.23. The first-order chi connectivity index (χ1) is 10.5. The standard InChI is InChI=1S/C15H16FNO3S2/c16-12-5-3-11(4-6-12)15-17-13(8-21-15)9-22(18,19)10-14-2-1-7-20-14/h3-6,8,14H,1-2,7,9-10H2/t14-/m1/s1. The van der Waals surface area contributed by atoms with Crippen LogP contribution in [0.2, 0.25) is 0 Å². The Hall–Kier alpha value is -1.31. The summed E-state index contributed by atoms with van der Waals surface area (Å²) >= 11 is 1.36. The zero-order valence-electron chi connectivity index (χ0n) is 11.9. The molecule has 1 saturated heterocycles. The van der Waals surface area contributed by atoms with Gasteiger partial charge in [-0.05, 0) is 37.1 Å². The molecule has 4 nitrogen and oxygen atoms in total. The molecule has 1 atom stereocenters. The van der Waals surface area contributed by atoms with Gasteiger partial charge in [-0.25, -0.2) is 17.8 Å². The zero-order valence-corrected chi connectivity index (χ0v) is 13.5. The van der Waals surface area contributed by atoms with Crippen LogP contribution in [0.3, 0.4) is 0 Å². The molecule has 1 aromatic carbocycles. The summed E-state index contributed by atoms with van der Waals surface area (Å²) < 4.78 is 42.7. The van der Waals surface area contributed by atoms with Crippen molar-refractivity contribution in [2.45, 2.75) is 24.7 Å². The van der Waals surface area contributed by atoms with Crippen molar-refractivity contribution >= 4 is 21.2 Å². The first kappa shape index (κ1) is 15.6. The minimum absolute atomic E-state index is 0.0520. The van der Waals surface area contributed by atoms with Crippen LogP contribution in [0, 0.1) is 5.82 Å². The number of hydrogen-bond donors (Lipinski definition) is 0. The first-order valence-corrected chi connectivity index (χ1v) is 9.74. The molecule has 1 aliphatic heterocycles. The number of rotatable bonds is 5. The number of hydrogen-bond acceptors (Lipinski definition) is 5. The van der Waals surface area contributed by atoms with E-state index in [9.17, 15) is 12.8 Å². The van der Waals surface area contributed by atoms with Gasteiger partial charge in [0.25, 0.3) is 0 Å². The maximum Gasteiger partial charge on any atom is 0.158 e. The van der Waals surface area contributed by atoms with Crippen molar-refractivity contribution in [2.24, 2.45) is 0 Å². The Morgan fingerprint density at radius 3 is 2.77 bits per heavy atom. The van der Waals surface area contributed by atoms with Crippen molar-refractivity contribution in [1.29, 1.82) is 0 Å². The molecule has 2 aromatic rings. The molecule has 118 valence electrons. The van der Waals surface area contributed by atoms with Crippen LogP contribution in [0.1, 0.15) is 18.5 Å².